The molecule has 1 atom stereocenters. The van der Waals surface area contributed by atoms with Crippen LogP contribution in [0.15, 0.2) is 24.3 Å². The van der Waals surface area contributed by atoms with Gasteiger partial charge in [0.05, 0.1) is 13.7 Å². The van der Waals surface area contributed by atoms with E-state index in [0.29, 0.717) is 18.5 Å². The number of ether oxygens (including phenoxy) is 1. The largest absolute Gasteiger partial charge is 0.468 e. The molecule has 1 fully saturated rings. The molecule has 5 heteroatoms. The standard InChI is InChI=1S/C19H29N3O2/c1-21-10-7-15(17-5-3-4-6-18(17)21)13-20-16-8-11-22(12-9-16)14-19(23)24-2/h3-6,15-16,20H,7-14H2,1-2H3/t15-/m0/s1. The number of esters is 1. The third-order valence-corrected chi connectivity index (χ3v) is 5.42. The summed E-state index contributed by atoms with van der Waals surface area (Å²) in [6.07, 6.45) is 3.41. The van der Waals surface area contributed by atoms with E-state index in [1.807, 2.05) is 0 Å². The van der Waals surface area contributed by atoms with Crippen LogP contribution in [0.25, 0.3) is 0 Å². The fourth-order valence-corrected chi connectivity index (χ4v) is 3.87. The Morgan fingerprint density at radius 2 is 1.96 bits per heavy atom. The minimum absolute atomic E-state index is 0.135. The maximum absolute atomic E-state index is 11.4. The number of hydrogen-bond acceptors (Lipinski definition) is 5. The fourth-order valence-electron chi connectivity index (χ4n) is 3.87. The maximum Gasteiger partial charge on any atom is 0.319 e. The molecule has 3 rings (SSSR count). The second kappa shape index (κ2) is 7.99. The number of likely N-dealkylation sites (tertiary alicyclic amines) is 1. The summed E-state index contributed by atoms with van der Waals surface area (Å²) in [6.45, 7) is 4.53. The first kappa shape index (κ1) is 17.2. The Labute approximate surface area is 145 Å². The van der Waals surface area contributed by atoms with E-state index in [4.69, 9.17) is 4.74 Å². The molecule has 0 spiro atoms. The number of piperidine rings is 1. The quantitative estimate of drug-likeness (QED) is 0.834. The highest BCUT2D eigenvalue weighted by atomic mass is 16.5. The Morgan fingerprint density at radius 1 is 1.21 bits per heavy atom. The first-order chi connectivity index (χ1) is 11.7. The van der Waals surface area contributed by atoms with E-state index in [1.54, 1.807) is 0 Å². The number of fused-ring (bicyclic) bond motifs is 1. The first-order valence-corrected chi connectivity index (χ1v) is 9.00. The van der Waals surface area contributed by atoms with E-state index in [0.717, 1.165) is 39.0 Å². The zero-order valence-corrected chi connectivity index (χ0v) is 14.8. The number of carbonyl (C=O) groups excluding carboxylic acids is 1. The van der Waals surface area contributed by atoms with Gasteiger partial charge in [0.25, 0.3) is 0 Å². The van der Waals surface area contributed by atoms with Gasteiger partial charge >= 0.3 is 5.97 Å². The minimum atomic E-state index is -0.135. The van der Waals surface area contributed by atoms with E-state index >= 15 is 0 Å². The van der Waals surface area contributed by atoms with Crippen LogP contribution in [0, 0.1) is 0 Å². The Morgan fingerprint density at radius 3 is 2.71 bits per heavy atom. The summed E-state index contributed by atoms with van der Waals surface area (Å²) in [6, 6.07) is 9.34. The van der Waals surface area contributed by atoms with Crippen molar-refractivity contribution in [3.8, 4) is 0 Å². The van der Waals surface area contributed by atoms with Crippen LogP contribution in [0.1, 0.15) is 30.7 Å². The van der Waals surface area contributed by atoms with Gasteiger partial charge in [-0.2, -0.15) is 0 Å². The summed E-state index contributed by atoms with van der Waals surface area (Å²) in [5, 5.41) is 3.77. The Kier molecular flexibility index (Phi) is 5.74. The van der Waals surface area contributed by atoms with E-state index in [1.165, 1.54) is 24.8 Å². The Hall–Kier alpha value is -1.59. The Bertz CT molecular complexity index is 555. The van der Waals surface area contributed by atoms with E-state index < -0.39 is 0 Å². The van der Waals surface area contributed by atoms with Gasteiger partial charge < -0.3 is 15.0 Å². The average molecular weight is 331 g/mol. The van der Waals surface area contributed by atoms with Crippen molar-refractivity contribution in [1.29, 1.82) is 0 Å². The molecule has 0 bridgehead atoms. The number of hydrogen-bond donors (Lipinski definition) is 1. The number of methoxy groups -OCH3 is 1. The zero-order chi connectivity index (χ0) is 16.9. The molecule has 0 radical (unpaired) electrons. The van der Waals surface area contributed by atoms with Gasteiger partial charge in [0.1, 0.15) is 0 Å². The van der Waals surface area contributed by atoms with Gasteiger partial charge in [-0.3, -0.25) is 9.69 Å². The predicted octanol–water partition coefficient (Wildman–Crippen LogP) is 1.84. The lowest BCUT2D eigenvalue weighted by atomic mass is 9.89. The molecule has 1 saturated heterocycles. The average Bonchev–Trinajstić information content (AvgIpc) is 2.62. The molecule has 1 N–H and O–H groups in total. The smallest absolute Gasteiger partial charge is 0.319 e. The highest BCUT2D eigenvalue weighted by molar-refractivity contribution is 5.71. The molecule has 24 heavy (non-hydrogen) atoms. The van der Waals surface area contributed by atoms with Crippen LogP contribution in [0.5, 0.6) is 0 Å². The molecule has 0 unspecified atom stereocenters. The summed E-state index contributed by atoms with van der Waals surface area (Å²) in [5.41, 5.74) is 2.85. The summed E-state index contributed by atoms with van der Waals surface area (Å²) in [4.78, 5) is 15.9. The topological polar surface area (TPSA) is 44.8 Å². The predicted molar refractivity (Wildman–Crippen MR) is 96.6 cm³/mol. The Balaban J connectivity index is 1.48. The fraction of sp³-hybridized carbons (Fsp3) is 0.632. The SMILES string of the molecule is COC(=O)CN1CCC(NC[C@@H]2CCN(C)c3ccccc32)CC1. The van der Waals surface area contributed by atoms with Crippen molar-refractivity contribution in [2.45, 2.75) is 31.2 Å². The van der Waals surface area contributed by atoms with Crippen LogP contribution in [-0.4, -0.2) is 63.8 Å². The molecule has 1 aromatic carbocycles. The highest BCUT2D eigenvalue weighted by Gasteiger charge is 2.25. The van der Waals surface area contributed by atoms with Crippen molar-refractivity contribution in [2.75, 3.05) is 51.8 Å². The molecular formula is C19H29N3O2. The second-order valence-corrected chi connectivity index (χ2v) is 7.00. The van der Waals surface area contributed by atoms with Crippen molar-refractivity contribution in [1.82, 2.24) is 10.2 Å². The number of benzene rings is 1. The maximum atomic E-state index is 11.4. The lowest BCUT2D eigenvalue weighted by Crippen LogP contribution is -2.45. The first-order valence-electron chi connectivity index (χ1n) is 9.00. The molecule has 0 saturated carbocycles. The van der Waals surface area contributed by atoms with Crippen molar-refractivity contribution in [2.24, 2.45) is 0 Å². The zero-order valence-electron chi connectivity index (χ0n) is 14.8. The van der Waals surface area contributed by atoms with Crippen molar-refractivity contribution in [3.05, 3.63) is 29.8 Å². The van der Waals surface area contributed by atoms with Crippen LogP contribution in [0.4, 0.5) is 5.69 Å². The number of nitrogens with one attached hydrogen (secondary N) is 1. The van der Waals surface area contributed by atoms with Crippen molar-refractivity contribution < 1.29 is 9.53 Å². The lowest BCUT2D eigenvalue weighted by molar-refractivity contribution is -0.142. The van der Waals surface area contributed by atoms with Crippen LogP contribution in [0.3, 0.4) is 0 Å². The van der Waals surface area contributed by atoms with Gasteiger partial charge in [0.15, 0.2) is 0 Å². The summed E-state index contributed by atoms with van der Waals surface area (Å²) in [7, 11) is 3.63. The molecule has 5 nitrogen and oxygen atoms in total. The van der Waals surface area contributed by atoms with Gasteiger partial charge in [-0.15, -0.1) is 0 Å². The van der Waals surface area contributed by atoms with E-state index in [2.05, 4.69) is 46.4 Å². The molecular weight excluding hydrogens is 302 g/mol. The van der Waals surface area contributed by atoms with Crippen molar-refractivity contribution in [3.63, 3.8) is 0 Å². The normalized spacial score (nSPS) is 22.2. The lowest BCUT2D eigenvalue weighted by Gasteiger charge is -2.36. The second-order valence-electron chi connectivity index (χ2n) is 7.00. The number of para-hydroxylation sites is 1. The number of anilines is 1. The highest BCUT2D eigenvalue weighted by Crippen LogP contribution is 2.33. The number of rotatable bonds is 5. The van der Waals surface area contributed by atoms with Gasteiger partial charge in [-0.25, -0.2) is 0 Å². The van der Waals surface area contributed by atoms with E-state index in [9.17, 15) is 4.79 Å². The molecule has 2 aliphatic rings. The molecule has 2 heterocycles. The molecule has 0 amide bonds. The third kappa shape index (κ3) is 4.08. The van der Waals surface area contributed by atoms with Gasteiger partial charge in [-0.1, -0.05) is 18.2 Å². The van der Waals surface area contributed by atoms with Crippen LogP contribution < -0.4 is 10.2 Å². The summed E-state index contributed by atoms with van der Waals surface area (Å²) >= 11 is 0. The van der Waals surface area contributed by atoms with Gasteiger partial charge in [-0.05, 0) is 30.9 Å². The summed E-state index contributed by atoms with van der Waals surface area (Å²) < 4.78 is 4.75. The summed E-state index contributed by atoms with van der Waals surface area (Å²) in [5.74, 6) is 0.467. The van der Waals surface area contributed by atoms with Crippen molar-refractivity contribution >= 4 is 11.7 Å². The molecule has 132 valence electrons. The number of nitrogens with zero attached hydrogens (tertiary/aromatic N) is 2. The monoisotopic (exact) mass is 331 g/mol. The molecule has 1 aromatic rings. The van der Waals surface area contributed by atoms with Gasteiger partial charge in [0, 0.05) is 50.9 Å². The molecule has 0 aromatic heterocycles. The minimum Gasteiger partial charge on any atom is -0.468 e. The third-order valence-electron chi connectivity index (χ3n) is 5.42. The van der Waals surface area contributed by atoms with Crippen LogP contribution >= 0.6 is 0 Å². The van der Waals surface area contributed by atoms with E-state index in [-0.39, 0.29) is 5.97 Å². The van der Waals surface area contributed by atoms with Crippen LogP contribution in [0.2, 0.25) is 0 Å². The molecule has 0 aliphatic carbocycles. The number of carbonyl (C=O) groups is 1. The van der Waals surface area contributed by atoms with Gasteiger partial charge in [0.2, 0.25) is 0 Å². The molecule has 2 aliphatic heterocycles. The van der Waals surface area contributed by atoms with Crippen LogP contribution in [-0.2, 0) is 9.53 Å².